The van der Waals surface area contributed by atoms with Crippen molar-refractivity contribution in [2.75, 3.05) is 11.5 Å². The maximum atomic E-state index is 13.7. The predicted octanol–water partition coefficient (Wildman–Crippen LogP) is 5.47. The topological polar surface area (TPSA) is 116 Å². The van der Waals surface area contributed by atoms with Crippen LogP contribution < -0.4 is 4.90 Å². The lowest BCUT2D eigenvalue weighted by atomic mass is 10.1. The van der Waals surface area contributed by atoms with Crippen LogP contribution >= 0.6 is 11.6 Å². The van der Waals surface area contributed by atoms with Gasteiger partial charge in [0.15, 0.2) is 5.02 Å². The summed E-state index contributed by atoms with van der Waals surface area (Å²) in [6, 6.07) is 6.68. The standard InChI is InChI=1S/C16H11ClF3N3O6/c1-2-29-15(24)21(9-6-4-3-5-7-9)13-10(16(18,19)20)8-11(22(25)26)12(17)14(13)23(27)28/h3-8H,2H2,1H3. The maximum Gasteiger partial charge on any atom is 0.419 e. The van der Waals surface area contributed by atoms with E-state index in [9.17, 15) is 38.2 Å². The second-order valence-corrected chi connectivity index (χ2v) is 5.71. The molecule has 0 spiro atoms. The fourth-order valence-electron chi connectivity index (χ4n) is 2.45. The molecule has 0 N–H and O–H groups in total. The zero-order valence-corrected chi connectivity index (χ0v) is 15.2. The summed E-state index contributed by atoms with van der Waals surface area (Å²) in [5.74, 6) is 0. The first-order chi connectivity index (χ1) is 13.5. The molecule has 0 bridgehead atoms. The monoisotopic (exact) mass is 433 g/mol. The van der Waals surface area contributed by atoms with Gasteiger partial charge >= 0.3 is 18.0 Å². The van der Waals surface area contributed by atoms with E-state index in [1.54, 1.807) is 0 Å². The Bertz CT molecular complexity index is 969. The average molecular weight is 434 g/mol. The van der Waals surface area contributed by atoms with Crippen LogP contribution in [-0.2, 0) is 10.9 Å². The van der Waals surface area contributed by atoms with Gasteiger partial charge in [0.1, 0.15) is 5.69 Å². The van der Waals surface area contributed by atoms with Crippen molar-refractivity contribution in [3.63, 3.8) is 0 Å². The second-order valence-electron chi connectivity index (χ2n) is 5.34. The number of halogens is 4. The minimum absolute atomic E-state index is 0.0415. The summed E-state index contributed by atoms with van der Waals surface area (Å²) in [7, 11) is 0. The summed E-state index contributed by atoms with van der Waals surface area (Å²) in [5.41, 5.74) is -6.07. The Balaban J connectivity index is 3.02. The Kier molecular flexibility index (Phi) is 6.27. The van der Waals surface area contributed by atoms with Gasteiger partial charge in [-0.05, 0) is 19.1 Å². The van der Waals surface area contributed by atoms with Crippen LogP contribution in [0.15, 0.2) is 36.4 Å². The number of amides is 1. The number of para-hydroxylation sites is 1. The predicted molar refractivity (Wildman–Crippen MR) is 95.4 cm³/mol. The number of nitrogens with zero attached hydrogens (tertiary/aromatic N) is 3. The van der Waals surface area contributed by atoms with Crippen LogP contribution in [0.4, 0.5) is 40.7 Å². The van der Waals surface area contributed by atoms with Gasteiger partial charge in [0, 0.05) is 6.07 Å². The number of nitro groups is 2. The first-order valence-electron chi connectivity index (χ1n) is 7.75. The van der Waals surface area contributed by atoms with E-state index in [4.69, 9.17) is 16.3 Å². The molecule has 0 saturated carbocycles. The highest BCUT2D eigenvalue weighted by Crippen LogP contribution is 2.50. The molecule has 0 fully saturated rings. The fourth-order valence-corrected chi connectivity index (χ4v) is 2.74. The number of hydrogen-bond donors (Lipinski definition) is 0. The number of carbonyl (C=O) groups excluding carboxylic acids is 1. The SMILES string of the molecule is CCOC(=O)N(c1ccccc1)c1c(C(F)(F)F)cc([N+](=O)[O-])c(Cl)c1[N+](=O)[O-]. The molecule has 0 aliphatic carbocycles. The van der Waals surface area contributed by atoms with Crippen LogP contribution in [0.5, 0.6) is 0 Å². The first kappa shape index (κ1) is 21.9. The van der Waals surface area contributed by atoms with Crippen molar-refractivity contribution in [3.8, 4) is 0 Å². The van der Waals surface area contributed by atoms with Crippen molar-refractivity contribution in [1.82, 2.24) is 0 Å². The molecular weight excluding hydrogens is 423 g/mol. The van der Waals surface area contributed by atoms with Crippen LogP contribution in [0.1, 0.15) is 12.5 Å². The minimum Gasteiger partial charge on any atom is -0.449 e. The third-order valence-electron chi connectivity index (χ3n) is 3.57. The van der Waals surface area contributed by atoms with E-state index < -0.39 is 49.8 Å². The Morgan fingerprint density at radius 2 is 1.76 bits per heavy atom. The van der Waals surface area contributed by atoms with E-state index in [2.05, 4.69) is 0 Å². The molecule has 29 heavy (non-hydrogen) atoms. The van der Waals surface area contributed by atoms with Crippen LogP contribution in [0.3, 0.4) is 0 Å². The third-order valence-corrected chi connectivity index (χ3v) is 3.94. The van der Waals surface area contributed by atoms with Crippen molar-refractivity contribution >= 4 is 40.4 Å². The van der Waals surface area contributed by atoms with Crippen molar-refractivity contribution < 1.29 is 32.5 Å². The molecule has 0 aliphatic rings. The van der Waals surface area contributed by atoms with Crippen molar-refractivity contribution in [3.05, 3.63) is 67.2 Å². The highest BCUT2D eigenvalue weighted by Gasteiger charge is 2.45. The number of ether oxygens (including phenoxy) is 1. The first-order valence-corrected chi connectivity index (χ1v) is 8.12. The smallest absolute Gasteiger partial charge is 0.419 e. The molecule has 1 amide bonds. The Hall–Kier alpha value is -3.41. The van der Waals surface area contributed by atoms with Gasteiger partial charge in [-0.15, -0.1) is 0 Å². The summed E-state index contributed by atoms with van der Waals surface area (Å²) in [6.07, 6.45) is -6.66. The molecule has 2 aromatic carbocycles. The normalized spacial score (nSPS) is 11.1. The number of alkyl halides is 3. The molecule has 0 atom stereocenters. The number of hydrogen-bond acceptors (Lipinski definition) is 6. The largest absolute Gasteiger partial charge is 0.449 e. The molecule has 0 aliphatic heterocycles. The van der Waals surface area contributed by atoms with E-state index >= 15 is 0 Å². The van der Waals surface area contributed by atoms with Gasteiger partial charge < -0.3 is 4.74 Å². The Labute approximate surface area is 165 Å². The van der Waals surface area contributed by atoms with Crippen LogP contribution in [0.2, 0.25) is 5.02 Å². The van der Waals surface area contributed by atoms with E-state index in [0.717, 1.165) is 0 Å². The third kappa shape index (κ3) is 4.37. The molecule has 2 aromatic rings. The summed E-state index contributed by atoms with van der Waals surface area (Å²) in [4.78, 5) is 32.8. The van der Waals surface area contributed by atoms with Gasteiger partial charge in [-0.3, -0.25) is 20.2 Å². The molecule has 0 saturated heterocycles. The van der Waals surface area contributed by atoms with Gasteiger partial charge in [0.2, 0.25) is 0 Å². The Morgan fingerprint density at radius 3 is 2.21 bits per heavy atom. The molecule has 0 unspecified atom stereocenters. The lowest BCUT2D eigenvalue weighted by Crippen LogP contribution is -2.30. The highest BCUT2D eigenvalue weighted by atomic mass is 35.5. The number of benzene rings is 2. The molecule has 0 heterocycles. The zero-order chi connectivity index (χ0) is 21.9. The number of rotatable bonds is 5. The molecule has 13 heteroatoms. The van der Waals surface area contributed by atoms with Crippen molar-refractivity contribution in [2.24, 2.45) is 0 Å². The van der Waals surface area contributed by atoms with E-state index in [-0.39, 0.29) is 18.4 Å². The second kappa shape index (κ2) is 8.31. The summed E-state index contributed by atoms with van der Waals surface area (Å²) in [5, 5.41) is 21.5. The molecule has 0 aromatic heterocycles. The van der Waals surface area contributed by atoms with Crippen molar-refractivity contribution in [1.29, 1.82) is 0 Å². The van der Waals surface area contributed by atoms with Gasteiger partial charge in [-0.1, -0.05) is 29.8 Å². The number of nitro benzene ring substituents is 2. The summed E-state index contributed by atoms with van der Waals surface area (Å²) < 4.78 is 45.9. The molecule has 154 valence electrons. The molecule has 2 rings (SSSR count). The minimum atomic E-state index is -5.30. The van der Waals surface area contributed by atoms with E-state index in [1.807, 2.05) is 0 Å². The lowest BCUT2D eigenvalue weighted by Gasteiger charge is -2.25. The maximum absolute atomic E-state index is 13.7. The number of anilines is 2. The van der Waals surface area contributed by atoms with Gasteiger partial charge in [-0.25, -0.2) is 9.69 Å². The van der Waals surface area contributed by atoms with Gasteiger partial charge in [0.05, 0.1) is 27.7 Å². The van der Waals surface area contributed by atoms with Crippen LogP contribution in [0, 0.1) is 20.2 Å². The van der Waals surface area contributed by atoms with Crippen molar-refractivity contribution in [2.45, 2.75) is 13.1 Å². The van der Waals surface area contributed by atoms with E-state index in [0.29, 0.717) is 4.90 Å². The zero-order valence-electron chi connectivity index (χ0n) is 14.5. The highest BCUT2D eigenvalue weighted by molar-refractivity contribution is 6.35. The molecular formula is C16H11ClF3N3O6. The number of carbonyl (C=O) groups is 1. The summed E-state index contributed by atoms with van der Waals surface area (Å²) >= 11 is 5.71. The van der Waals surface area contributed by atoms with Crippen LogP contribution in [-0.4, -0.2) is 22.5 Å². The fraction of sp³-hybridized carbons (Fsp3) is 0.188. The quantitative estimate of drug-likeness (QED) is 0.456. The van der Waals surface area contributed by atoms with Gasteiger partial charge in [0.25, 0.3) is 5.69 Å². The van der Waals surface area contributed by atoms with Crippen LogP contribution in [0.25, 0.3) is 0 Å². The van der Waals surface area contributed by atoms with Gasteiger partial charge in [-0.2, -0.15) is 13.2 Å². The summed E-state index contributed by atoms with van der Waals surface area (Å²) in [6.45, 7) is 1.13. The lowest BCUT2D eigenvalue weighted by molar-refractivity contribution is -0.393. The Morgan fingerprint density at radius 1 is 1.17 bits per heavy atom. The van der Waals surface area contributed by atoms with E-state index in [1.165, 1.54) is 37.3 Å². The molecule has 0 radical (unpaired) electrons. The average Bonchev–Trinajstić information content (AvgIpc) is 2.61. The molecule has 9 nitrogen and oxygen atoms in total.